The zero-order valence-electron chi connectivity index (χ0n) is 8.50. The summed E-state index contributed by atoms with van der Waals surface area (Å²) in [4.78, 5) is 10.6. The minimum Gasteiger partial charge on any atom is -0.469 e. The first-order valence-corrected chi connectivity index (χ1v) is 5.92. The van der Waals surface area contributed by atoms with E-state index in [1.54, 1.807) is 0 Å². The third-order valence-electron chi connectivity index (χ3n) is 1.51. The van der Waals surface area contributed by atoms with Crippen molar-refractivity contribution in [3.63, 3.8) is 0 Å². The Hall–Kier alpha value is -0.830. The molecule has 0 saturated carbocycles. The third kappa shape index (κ3) is 8.48. The normalized spacial score (nSPS) is 12.5. The molecule has 0 aliphatic carbocycles. The SMILES string of the molecule is COC(=O)CCCS(=O)(=O)NCC(F)(F)F. The summed E-state index contributed by atoms with van der Waals surface area (Å²) < 4.78 is 62.7. The van der Waals surface area contributed by atoms with Crippen LogP contribution >= 0.6 is 0 Å². The highest BCUT2D eigenvalue weighted by atomic mass is 32.2. The molecule has 0 aromatic rings. The van der Waals surface area contributed by atoms with Crippen molar-refractivity contribution >= 4 is 16.0 Å². The van der Waals surface area contributed by atoms with E-state index in [1.165, 1.54) is 4.72 Å². The Bertz CT molecular complexity index is 325. The van der Waals surface area contributed by atoms with E-state index in [1.807, 2.05) is 0 Å². The maximum atomic E-state index is 11.7. The van der Waals surface area contributed by atoms with Crippen molar-refractivity contribution < 1.29 is 31.1 Å². The quantitative estimate of drug-likeness (QED) is 0.705. The van der Waals surface area contributed by atoms with E-state index in [2.05, 4.69) is 4.74 Å². The van der Waals surface area contributed by atoms with Gasteiger partial charge in [0.15, 0.2) is 0 Å². The fraction of sp³-hybridized carbons (Fsp3) is 0.857. The van der Waals surface area contributed by atoms with Crippen LogP contribution < -0.4 is 4.72 Å². The highest BCUT2D eigenvalue weighted by molar-refractivity contribution is 7.89. The van der Waals surface area contributed by atoms with Gasteiger partial charge in [-0.1, -0.05) is 0 Å². The van der Waals surface area contributed by atoms with Crippen molar-refractivity contribution in [1.29, 1.82) is 0 Å². The number of ether oxygens (including phenoxy) is 1. The van der Waals surface area contributed by atoms with Gasteiger partial charge in [-0.05, 0) is 6.42 Å². The molecule has 0 bridgehead atoms. The van der Waals surface area contributed by atoms with Gasteiger partial charge in [0.2, 0.25) is 10.0 Å². The van der Waals surface area contributed by atoms with Crippen LogP contribution in [0.25, 0.3) is 0 Å². The summed E-state index contributed by atoms with van der Waals surface area (Å²) in [5, 5.41) is 0. The molecule has 0 spiro atoms. The molecule has 0 radical (unpaired) electrons. The molecule has 0 saturated heterocycles. The van der Waals surface area contributed by atoms with Crippen LogP contribution in [-0.4, -0.2) is 40.0 Å². The Kier molecular flexibility index (Phi) is 5.73. The minimum absolute atomic E-state index is 0.0835. The molecule has 0 fully saturated rings. The Balaban J connectivity index is 3.93. The standard InChI is InChI=1S/C7H12F3NO4S/c1-15-6(12)3-2-4-16(13,14)11-5-7(8,9)10/h11H,2-5H2,1H3. The molecule has 0 aliphatic rings. The molecular formula is C7H12F3NO4S. The summed E-state index contributed by atoms with van der Waals surface area (Å²) in [6, 6.07) is 0. The van der Waals surface area contributed by atoms with Crippen LogP contribution in [0.1, 0.15) is 12.8 Å². The van der Waals surface area contributed by atoms with E-state index in [-0.39, 0.29) is 12.8 Å². The summed E-state index contributed by atoms with van der Waals surface area (Å²) in [5.41, 5.74) is 0. The molecule has 1 N–H and O–H groups in total. The second-order valence-electron chi connectivity index (χ2n) is 2.93. The zero-order chi connectivity index (χ0) is 12.8. The van der Waals surface area contributed by atoms with Crippen molar-refractivity contribution in [2.24, 2.45) is 0 Å². The third-order valence-corrected chi connectivity index (χ3v) is 2.92. The van der Waals surface area contributed by atoms with Crippen LogP contribution in [0.15, 0.2) is 0 Å². The number of esters is 1. The van der Waals surface area contributed by atoms with Gasteiger partial charge < -0.3 is 4.74 Å². The summed E-state index contributed by atoms with van der Waals surface area (Å²) in [6.45, 7) is -1.60. The molecular weight excluding hydrogens is 251 g/mol. The molecule has 0 unspecified atom stereocenters. The molecule has 0 atom stereocenters. The Morgan fingerprint density at radius 1 is 1.38 bits per heavy atom. The van der Waals surface area contributed by atoms with Gasteiger partial charge in [0, 0.05) is 6.42 Å². The van der Waals surface area contributed by atoms with Crippen LogP contribution in [0.4, 0.5) is 13.2 Å². The van der Waals surface area contributed by atoms with Gasteiger partial charge >= 0.3 is 12.1 Å². The molecule has 9 heteroatoms. The van der Waals surface area contributed by atoms with Crippen LogP contribution in [0.3, 0.4) is 0 Å². The fourth-order valence-electron chi connectivity index (χ4n) is 0.773. The van der Waals surface area contributed by atoms with Crippen LogP contribution in [0.2, 0.25) is 0 Å². The van der Waals surface area contributed by atoms with Crippen LogP contribution in [0, 0.1) is 0 Å². The van der Waals surface area contributed by atoms with Crippen molar-refractivity contribution in [2.45, 2.75) is 19.0 Å². The van der Waals surface area contributed by atoms with Gasteiger partial charge in [0.1, 0.15) is 6.54 Å². The molecule has 96 valence electrons. The average molecular weight is 263 g/mol. The van der Waals surface area contributed by atoms with Crippen molar-refractivity contribution in [3.05, 3.63) is 0 Å². The zero-order valence-corrected chi connectivity index (χ0v) is 9.32. The van der Waals surface area contributed by atoms with Gasteiger partial charge in [-0.25, -0.2) is 13.1 Å². The van der Waals surface area contributed by atoms with E-state index in [0.29, 0.717) is 0 Å². The number of carbonyl (C=O) groups is 1. The maximum Gasteiger partial charge on any atom is 0.402 e. The fourth-order valence-corrected chi connectivity index (χ4v) is 1.82. The molecule has 0 rings (SSSR count). The summed E-state index contributed by atoms with van der Waals surface area (Å²) in [5.74, 6) is -1.15. The highest BCUT2D eigenvalue weighted by Gasteiger charge is 2.29. The van der Waals surface area contributed by atoms with E-state index in [0.717, 1.165) is 7.11 Å². The smallest absolute Gasteiger partial charge is 0.402 e. The molecule has 0 aromatic heterocycles. The van der Waals surface area contributed by atoms with E-state index in [4.69, 9.17) is 0 Å². The molecule has 0 aromatic carbocycles. The molecule has 0 heterocycles. The second-order valence-corrected chi connectivity index (χ2v) is 4.86. The van der Waals surface area contributed by atoms with E-state index in [9.17, 15) is 26.4 Å². The summed E-state index contributed by atoms with van der Waals surface area (Å²) in [7, 11) is -2.86. The molecule has 5 nitrogen and oxygen atoms in total. The summed E-state index contributed by atoms with van der Waals surface area (Å²) in [6.07, 6.45) is -4.82. The number of halogens is 3. The van der Waals surface area contributed by atoms with Gasteiger partial charge in [-0.15, -0.1) is 0 Å². The number of carbonyl (C=O) groups excluding carboxylic acids is 1. The number of alkyl halides is 3. The molecule has 0 amide bonds. The lowest BCUT2D eigenvalue weighted by Crippen LogP contribution is -2.35. The molecule has 0 aliphatic heterocycles. The lowest BCUT2D eigenvalue weighted by Gasteiger charge is -2.08. The lowest BCUT2D eigenvalue weighted by atomic mass is 10.3. The lowest BCUT2D eigenvalue weighted by molar-refractivity contribution is -0.140. The highest BCUT2D eigenvalue weighted by Crippen LogP contribution is 2.12. The predicted octanol–water partition coefficient (Wildman–Crippen LogP) is 0.421. The Labute approximate surface area is 91.0 Å². The first kappa shape index (κ1) is 15.2. The number of rotatable bonds is 6. The summed E-state index contributed by atoms with van der Waals surface area (Å²) >= 11 is 0. The van der Waals surface area contributed by atoms with Gasteiger partial charge in [0.25, 0.3) is 0 Å². The Morgan fingerprint density at radius 3 is 2.38 bits per heavy atom. The van der Waals surface area contributed by atoms with Crippen molar-refractivity contribution in [1.82, 2.24) is 4.72 Å². The monoisotopic (exact) mass is 263 g/mol. The van der Waals surface area contributed by atoms with Crippen LogP contribution in [0.5, 0.6) is 0 Å². The largest absolute Gasteiger partial charge is 0.469 e. The van der Waals surface area contributed by atoms with E-state index >= 15 is 0 Å². The Morgan fingerprint density at radius 2 is 1.94 bits per heavy atom. The first-order chi connectivity index (χ1) is 7.16. The number of methoxy groups -OCH3 is 1. The number of nitrogens with one attached hydrogen (secondary N) is 1. The second kappa shape index (κ2) is 6.04. The van der Waals surface area contributed by atoms with E-state index < -0.39 is 34.5 Å². The predicted molar refractivity (Wildman–Crippen MR) is 49.1 cm³/mol. The number of hydrogen-bond donors (Lipinski definition) is 1. The molecule has 16 heavy (non-hydrogen) atoms. The number of sulfonamides is 1. The van der Waals surface area contributed by atoms with Gasteiger partial charge in [0.05, 0.1) is 12.9 Å². The average Bonchev–Trinajstić information content (AvgIpc) is 2.13. The maximum absolute atomic E-state index is 11.7. The van der Waals surface area contributed by atoms with Crippen LogP contribution in [-0.2, 0) is 19.6 Å². The topological polar surface area (TPSA) is 72.5 Å². The van der Waals surface area contributed by atoms with Crippen molar-refractivity contribution in [2.75, 3.05) is 19.4 Å². The van der Waals surface area contributed by atoms with Gasteiger partial charge in [-0.3, -0.25) is 4.79 Å². The van der Waals surface area contributed by atoms with Crippen molar-refractivity contribution in [3.8, 4) is 0 Å². The minimum atomic E-state index is -4.59. The number of hydrogen-bond acceptors (Lipinski definition) is 4. The van der Waals surface area contributed by atoms with Gasteiger partial charge in [-0.2, -0.15) is 13.2 Å². The first-order valence-electron chi connectivity index (χ1n) is 4.27.